The number of fused-ring (bicyclic) bond motifs is 5. The quantitative estimate of drug-likeness (QED) is 0.505. The van der Waals surface area contributed by atoms with Crippen molar-refractivity contribution in [3.63, 3.8) is 0 Å². The molecule has 0 fully saturated rings. The minimum Gasteiger partial charge on any atom is -0.458 e. The molecule has 148 valence electrons. The average molecular weight is 390 g/mol. The molecule has 1 aromatic carbocycles. The number of carbonyl (C=O) groups is 1. The molecule has 0 amide bonds. The van der Waals surface area contributed by atoms with Gasteiger partial charge in [-0.15, -0.1) is 0 Å². The summed E-state index contributed by atoms with van der Waals surface area (Å²) in [5, 5.41) is 12.1. The molecule has 3 aromatic rings. The summed E-state index contributed by atoms with van der Waals surface area (Å²) in [6, 6.07) is 5.81. The van der Waals surface area contributed by atoms with Gasteiger partial charge >= 0.3 is 5.97 Å². The van der Waals surface area contributed by atoms with E-state index in [1.807, 2.05) is 6.07 Å². The van der Waals surface area contributed by atoms with Crippen molar-refractivity contribution < 1.29 is 14.6 Å². The second-order valence-electron chi connectivity index (χ2n) is 8.07. The van der Waals surface area contributed by atoms with E-state index in [0.29, 0.717) is 23.4 Å². The predicted octanol–water partition coefficient (Wildman–Crippen LogP) is 3.00. The van der Waals surface area contributed by atoms with E-state index in [-0.39, 0.29) is 18.6 Å². The first-order chi connectivity index (χ1) is 13.8. The van der Waals surface area contributed by atoms with Crippen LogP contribution in [0.3, 0.4) is 0 Å². The molecule has 1 atom stereocenters. The van der Waals surface area contributed by atoms with Crippen LogP contribution in [0.2, 0.25) is 0 Å². The number of hydrogen-bond acceptors (Lipinski definition) is 5. The maximum atomic E-state index is 13.2. The van der Waals surface area contributed by atoms with E-state index in [1.54, 1.807) is 17.6 Å². The van der Waals surface area contributed by atoms with Crippen LogP contribution in [-0.4, -0.2) is 20.6 Å². The summed E-state index contributed by atoms with van der Waals surface area (Å²) in [6.07, 6.45) is 0.136. The van der Waals surface area contributed by atoms with E-state index in [9.17, 15) is 14.7 Å². The number of aromatic nitrogens is 2. The van der Waals surface area contributed by atoms with E-state index in [2.05, 4.69) is 26.8 Å². The molecule has 0 unspecified atom stereocenters. The van der Waals surface area contributed by atoms with Crippen LogP contribution < -0.4 is 5.56 Å². The van der Waals surface area contributed by atoms with Gasteiger partial charge in [0.05, 0.1) is 29.0 Å². The Morgan fingerprint density at radius 3 is 2.66 bits per heavy atom. The van der Waals surface area contributed by atoms with E-state index >= 15 is 0 Å². The number of benzene rings is 1. The normalized spacial score (nSPS) is 19.7. The lowest BCUT2D eigenvalue weighted by molar-refractivity contribution is -0.172. The second-order valence-corrected chi connectivity index (χ2v) is 8.07. The van der Waals surface area contributed by atoms with Crippen molar-refractivity contribution >= 4 is 16.9 Å². The summed E-state index contributed by atoms with van der Waals surface area (Å²) in [5.41, 5.74) is 5.46. The molecule has 0 spiro atoms. The molecular weight excluding hydrogens is 368 g/mol. The summed E-state index contributed by atoms with van der Waals surface area (Å²) in [4.78, 5) is 30.4. The van der Waals surface area contributed by atoms with Crippen molar-refractivity contribution in [3.8, 4) is 11.4 Å². The Hall–Kier alpha value is -2.99. The van der Waals surface area contributed by atoms with Gasteiger partial charge < -0.3 is 14.4 Å². The Balaban J connectivity index is 1.84. The molecule has 0 aliphatic carbocycles. The Kier molecular flexibility index (Phi) is 3.59. The number of rotatable bonds is 1. The van der Waals surface area contributed by atoms with Gasteiger partial charge in [0.15, 0.2) is 5.60 Å². The maximum Gasteiger partial charge on any atom is 0.343 e. The molecule has 5 rings (SSSR count). The molecule has 0 saturated heterocycles. The summed E-state index contributed by atoms with van der Waals surface area (Å²) in [5.74, 6) is -0.705. The number of pyridine rings is 2. The topological polar surface area (TPSA) is 81.4 Å². The van der Waals surface area contributed by atoms with Crippen LogP contribution in [0, 0.1) is 20.8 Å². The van der Waals surface area contributed by atoms with Gasteiger partial charge in [0.1, 0.15) is 6.61 Å². The molecule has 1 N–H and O–H groups in total. The Morgan fingerprint density at radius 2 is 1.93 bits per heavy atom. The molecule has 0 saturated carbocycles. The lowest BCUT2D eigenvalue weighted by Gasteiger charge is -2.31. The molecule has 2 aliphatic rings. The van der Waals surface area contributed by atoms with E-state index in [0.717, 1.165) is 27.7 Å². The molecular formula is C23H22N2O4. The predicted molar refractivity (Wildman–Crippen MR) is 109 cm³/mol. The summed E-state index contributed by atoms with van der Waals surface area (Å²) < 4.78 is 6.81. The van der Waals surface area contributed by atoms with Crippen LogP contribution in [0.4, 0.5) is 0 Å². The van der Waals surface area contributed by atoms with Crippen molar-refractivity contribution in [1.82, 2.24) is 9.55 Å². The summed E-state index contributed by atoms with van der Waals surface area (Å²) in [7, 11) is 0. The summed E-state index contributed by atoms with van der Waals surface area (Å²) in [6.45, 7) is 8.26. The fourth-order valence-electron chi connectivity index (χ4n) is 4.70. The van der Waals surface area contributed by atoms with Crippen molar-refractivity contribution in [1.29, 1.82) is 0 Å². The smallest absolute Gasteiger partial charge is 0.343 e. The number of carbonyl (C=O) groups excluding carboxylic acids is 1. The van der Waals surface area contributed by atoms with Gasteiger partial charge in [0, 0.05) is 16.5 Å². The molecule has 0 bridgehead atoms. The lowest BCUT2D eigenvalue weighted by Crippen LogP contribution is -2.44. The number of cyclic esters (lactones) is 1. The first-order valence-corrected chi connectivity index (χ1v) is 9.84. The Bertz CT molecular complexity index is 1300. The third-order valence-electron chi connectivity index (χ3n) is 6.66. The number of hydrogen-bond donors (Lipinski definition) is 1. The SMILES string of the molecule is CC[C@@]1(O)C(=O)OCc2c1cc1n(c2=O)Cc2c-1nc1ccc(C)c(C)c1c2C. The standard InChI is InChI=1S/C23H22N2O4/c1-5-23(28)16-8-18-20-14(9-25(18)21(26)15(16)10-29-22(23)27)13(4)19-12(3)11(2)6-7-17(19)24-20/h6-8,28H,5,9-10H2,1-4H3/t23-/m0/s1. The van der Waals surface area contributed by atoms with Gasteiger partial charge in [-0.1, -0.05) is 13.0 Å². The van der Waals surface area contributed by atoms with Gasteiger partial charge in [-0.3, -0.25) is 4.79 Å². The maximum absolute atomic E-state index is 13.2. The average Bonchev–Trinajstić information content (AvgIpc) is 3.08. The molecule has 0 radical (unpaired) electrons. The highest BCUT2D eigenvalue weighted by molar-refractivity contribution is 5.91. The van der Waals surface area contributed by atoms with Crippen LogP contribution in [0.1, 0.15) is 46.7 Å². The van der Waals surface area contributed by atoms with Crippen molar-refractivity contribution in [2.24, 2.45) is 0 Å². The van der Waals surface area contributed by atoms with E-state index < -0.39 is 11.6 Å². The van der Waals surface area contributed by atoms with Crippen molar-refractivity contribution in [3.05, 3.63) is 61.9 Å². The molecule has 6 nitrogen and oxygen atoms in total. The van der Waals surface area contributed by atoms with Crippen molar-refractivity contribution in [2.45, 2.75) is 52.9 Å². The van der Waals surface area contributed by atoms with Gasteiger partial charge in [-0.25, -0.2) is 9.78 Å². The fourth-order valence-corrected chi connectivity index (χ4v) is 4.70. The highest BCUT2D eigenvalue weighted by atomic mass is 16.6. The zero-order chi connectivity index (χ0) is 20.7. The van der Waals surface area contributed by atoms with E-state index in [1.165, 1.54) is 11.1 Å². The fraction of sp³-hybridized carbons (Fsp3) is 0.348. The Labute approximate surface area is 167 Å². The molecule has 2 aromatic heterocycles. The van der Waals surface area contributed by atoms with Crippen LogP contribution in [0.25, 0.3) is 22.3 Å². The highest BCUT2D eigenvalue weighted by Gasteiger charge is 2.45. The molecule has 6 heteroatoms. The van der Waals surface area contributed by atoms with Crippen LogP contribution in [-0.2, 0) is 28.3 Å². The molecule has 29 heavy (non-hydrogen) atoms. The Morgan fingerprint density at radius 1 is 1.17 bits per heavy atom. The third kappa shape index (κ3) is 2.18. The lowest BCUT2D eigenvalue weighted by atomic mass is 9.86. The van der Waals surface area contributed by atoms with Crippen LogP contribution in [0.5, 0.6) is 0 Å². The van der Waals surface area contributed by atoms with Gasteiger partial charge in [-0.2, -0.15) is 0 Å². The zero-order valence-corrected chi connectivity index (χ0v) is 16.9. The first-order valence-electron chi connectivity index (χ1n) is 9.84. The highest BCUT2D eigenvalue weighted by Crippen LogP contribution is 2.40. The van der Waals surface area contributed by atoms with Gasteiger partial charge in [0.25, 0.3) is 5.56 Å². The van der Waals surface area contributed by atoms with Gasteiger partial charge in [0.2, 0.25) is 0 Å². The number of ether oxygens (including phenoxy) is 1. The minimum absolute atomic E-state index is 0.112. The zero-order valence-electron chi connectivity index (χ0n) is 16.9. The molecule has 2 aliphatic heterocycles. The third-order valence-corrected chi connectivity index (χ3v) is 6.66. The second kappa shape index (κ2) is 5.76. The monoisotopic (exact) mass is 390 g/mol. The van der Waals surface area contributed by atoms with E-state index in [4.69, 9.17) is 9.72 Å². The number of aliphatic hydroxyl groups is 1. The van der Waals surface area contributed by atoms with Crippen molar-refractivity contribution in [2.75, 3.05) is 0 Å². The van der Waals surface area contributed by atoms with Gasteiger partial charge in [-0.05, 0) is 56.0 Å². The summed E-state index contributed by atoms with van der Waals surface area (Å²) >= 11 is 0. The number of nitrogens with zero attached hydrogens (tertiary/aromatic N) is 2. The minimum atomic E-state index is -1.80. The van der Waals surface area contributed by atoms with Crippen LogP contribution in [0.15, 0.2) is 23.0 Å². The van der Waals surface area contributed by atoms with Crippen LogP contribution >= 0.6 is 0 Å². The first kappa shape index (κ1) is 18.1. The molecule has 4 heterocycles. The number of esters is 1. The number of aryl methyl sites for hydroxylation is 3. The largest absolute Gasteiger partial charge is 0.458 e.